The van der Waals surface area contributed by atoms with E-state index in [-0.39, 0.29) is 29.7 Å². The molecule has 0 aromatic heterocycles. The normalized spacial score (nSPS) is 32.8. The standard InChI is InChI=1S/C17H31N3O3/c1-13(19-16(21)15-5-4-14(12-18)23-15)17(6-2-3-7-17)20-8-10-22-11-9-20/h13-15H,2-12,18H2,1H3,(H,19,21)/t13?,14-,15+/m1/s1. The molecule has 1 unspecified atom stereocenters. The minimum absolute atomic E-state index is 0.0352. The van der Waals surface area contributed by atoms with Gasteiger partial charge in [0, 0.05) is 31.2 Å². The van der Waals surface area contributed by atoms with Gasteiger partial charge in [0.1, 0.15) is 6.10 Å². The van der Waals surface area contributed by atoms with Gasteiger partial charge in [-0.05, 0) is 32.6 Å². The molecule has 3 N–H and O–H groups in total. The fraction of sp³-hybridized carbons (Fsp3) is 0.941. The average Bonchev–Trinajstić information content (AvgIpc) is 3.25. The molecule has 3 rings (SSSR count). The van der Waals surface area contributed by atoms with Crippen molar-refractivity contribution in [3.63, 3.8) is 0 Å². The first kappa shape index (κ1) is 17.1. The molecule has 23 heavy (non-hydrogen) atoms. The molecule has 132 valence electrons. The summed E-state index contributed by atoms with van der Waals surface area (Å²) in [6, 6.07) is 0.135. The summed E-state index contributed by atoms with van der Waals surface area (Å²) in [4.78, 5) is 15.1. The Bertz CT molecular complexity index is 406. The Balaban J connectivity index is 1.62. The molecule has 0 aromatic rings. The summed E-state index contributed by atoms with van der Waals surface area (Å²) in [5, 5.41) is 3.26. The Morgan fingerprint density at radius 2 is 2.00 bits per heavy atom. The lowest BCUT2D eigenvalue weighted by Crippen LogP contribution is -2.62. The van der Waals surface area contributed by atoms with Crippen molar-refractivity contribution < 1.29 is 14.3 Å². The van der Waals surface area contributed by atoms with E-state index in [1.54, 1.807) is 0 Å². The van der Waals surface area contributed by atoms with Crippen molar-refractivity contribution in [1.82, 2.24) is 10.2 Å². The number of rotatable bonds is 5. The van der Waals surface area contributed by atoms with E-state index >= 15 is 0 Å². The number of hydrogen-bond donors (Lipinski definition) is 2. The molecule has 0 radical (unpaired) electrons. The van der Waals surface area contributed by atoms with Gasteiger partial charge in [0.05, 0.1) is 19.3 Å². The molecule has 1 amide bonds. The second kappa shape index (κ2) is 7.47. The minimum atomic E-state index is -0.325. The van der Waals surface area contributed by atoms with Crippen LogP contribution in [0.2, 0.25) is 0 Å². The third-order valence-corrected chi connectivity index (χ3v) is 5.94. The summed E-state index contributed by atoms with van der Waals surface area (Å²) in [6.07, 6.45) is 6.19. The first-order chi connectivity index (χ1) is 11.2. The summed E-state index contributed by atoms with van der Waals surface area (Å²) in [6.45, 7) is 6.19. The molecule has 0 aromatic carbocycles. The monoisotopic (exact) mass is 325 g/mol. The Labute approximate surface area is 139 Å². The number of carbonyl (C=O) groups is 1. The van der Waals surface area contributed by atoms with Gasteiger partial charge >= 0.3 is 0 Å². The van der Waals surface area contributed by atoms with Crippen molar-refractivity contribution >= 4 is 5.91 Å². The molecule has 3 fully saturated rings. The van der Waals surface area contributed by atoms with Gasteiger partial charge in [0.25, 0.3) is 0 Å². The van der Waals surface area contributed by atoms with Crippen LogP contribution in [-0.4, -0.2) is 67.4 Å². The second-order valence-electron chi connectivity index (χ2n) is 7.20. The number of carbonyl (C=O) groups excluding carboxylic acids is 1. The van der Waals surface area contributed by atoms with Crippen molar-refractivity contribution in [3.05, 3.63) is 0 Å². The Kier molecular flexibility index (Phi) is 5.57. The fourth-order valence-corrected chi connectivity index (χ4v) is 4.53. The van der Waals surface area contributed by atoms with Crippen LogP contribution < -0.4 is 11.1 Å². The van der Waals surface area contributed by atoms with E-state index in [0.717, 1.165) is 52.0 Å². The van der Waals surface area contributed by atoms with Crippen molar-refractivity contribution in [2.75, 3.05) is 32.8 Å². The average molecular weight is 325 g/mol. The molecule has 0 spiro atoms. The smallest absolute Gasteiger partial charge is 0.249 e. The summed E-state index contributed by atoms with van der Waals surface area (Å²) in [5.41, 5.74) is 5.73. The van der Waals surface area contributed by atoms with Crippen LogP contribution in [-0.2, 0) is 14.3 Å². The molecule has 3 atom stereocenters. The van der Waals surface area contributed by atoms with Crippen molar-refractivity contribution in [3.8, 4) is 0 Å². The summed E-state index contributed by atoms with van der Waals surface area (Å²) < 4.78 is 11.3. The maximum absolute atomic E-state index is 12.6. The minimum Gasteiger partial charge on any atom is -0.379 e. The third-order valence-electron chi connectivity index (χ3n) is 5.94. The first-order valence-corrected chi connectivity index (χ1v) is 9.14. The molecular weight excluding hydrogens is 294 g/mol. The van der Waals surface area contributed by atoms with E-state index in [9.17, 15) is 4.79 Å². The van der Waals surface area contributed by atoms with Crippen LogP contribution in [0.1, 0.15) is 45.4 Å². The van der Waals surface area contributed by atoms with Crippen LogP contribution >= 0.6 is 0 Å². The van der Waals surface area contributed by atoms with Gasteiger partial charge in [-0.25, -0.2) is 0 Å². The lowest BCUT2D eigenvalue weighted by atomic mass is 9.86. The predicted octanol–water partition coefficient (Wildman–Crippen LogP) is 0.642. The molecule has 2 saturated heterocycles. The van der Waals surface area contributed by atoms with Gasteiger partial charge in [0.15, 0.2) is 0 Å². The van der Waals surface area contributed by atoms with Crippen LogP contribution in [0.4, 0.5) is 0 Å². The summed E-state index contributed by atoms with van der Waals surface area (Å²) in [7, 11) is 0. The zero-order chi connectivity index (χ0) is 16.3. The van der Waals surface area contributed by atoms with E-state index < -0.39 is 0 Å². The van der Waals surface area contributed by atoms with Crippen LogP contribution in [0.5, 0.6) is 0 Å². The van der Waals surface area contributed by atoms with Crippen LogP contribution in [0.3, 0.4) is 0 Å². The molecular formula is C17H31N3O3. The van der Waals surface area contributed by atoms with Gasteiger partial charge in [0.2, 0.25) is 5.91 Å². The molecule has 1 aliphatic carbocycles. The predicted molar refractivity (Wildman–Crippen MR) is 88.1 cm³/mol. The molecule has 6 heteroatoms. The van der Waals surface area contributed by atoms with Crippen LogP contribution in [0.25, 0.3) is 0 Å². The third kappa shape index (κ3) is 3.55. The van der Waals surface area contributed by atoms with Gasteiger partial charge < -0.3 is 20.5 Å². The topological polar surface area (TPSA) is 76.8 Å². The Morgan fingerprint density at radius 3 is 2.61 bits per heavy atom. The molecule has 1 saturated carbocycles. The molecule has 2 aliphatic heterocycles. The van der Waals surface area contributed by atoms with E-state index in [1.807, 2.05) is 0 Å². The Hall–Kier alpha value is -0.690. The van der Waals surface area contributed by atoms with Crippen LogP contribution in [0.15, 0.2) is 0 Å². The van der Waals surface area contributed by atoms with Crippen molar-refractivity contribution in [2.45, 2.75) is 69.2 Å². The van der Waals surface area contributed by atoms with Gasteiger partial charge in [-0.3, -0.25) is 9.69 Å². The molecule has 2 heterocycles. The maximum Gasteiger partial charge on any atom is 0.249 e. The second-order valence-corrected chi connectivity index (χ2v) is 7.20. The van der Waals surface area contributed by atoms with Gasteiger partial charge in [-0.2, -0.15) is 0 Å². The first-order valence-electron chi connectivity index (χ1n) is 9.14. The number of nitrogens with one attached hydrogen (secondary N) is 1. The molecule has 6 nitrogen and oxygen atoms in total. The number of morpholine rings is 1. The summed E-state index contributed by atoms with van der Waals surface area (Å²) >= 11 is 0. The zero-order valence-electron chi connectivity index (χ0n) is 14.3. The molecule has 3 aliphatic rings. The fourth-order valence-electron chi connectivity index (χ4n) is 4.53. The van der Waals surface area contributed by atoms with E-state index in [1.165, 1.54) is 12.8 Å². The summed E-state index contributed by atoms with van der Waals surface area (Å²) in [5.74, 6) is 0.0352. The number of nitrogens with two attached hydrogens (primary N) is 1. The number of hydrogen-bond acceptors (Lipinski definition) is 5. The highest BCUT2D eigenvalue weighted by atomic mass is 16.5. The highest BCUT2D eigenvalue weighted by molar-refractivity contribution is 5.81. The number of ether oxygens (including phenoxy) is 2. The zero-order valence-corrected chi connectivity index (χ0v) is 14.3. The molecule has 0 bridgehead atoms. The van der Waals surface area contributed by atoms with Crippen molar-refractivity contribution in [1.29, 1.82) is 0 Å². The van der Waals surface area contributed by atoms with Gasteiger partial charge in [-0.1, -0.05) is 12.8 Å². The maximum atomic E-state index is 12.6. The van der Waals surface area contributed by atoms with Gasteiger partial charge in [-0.15, -0.1) is 0 Å². The van der Waals surface area contributed by atoms with E-state index in [0.29, 0.717) is 6.54 Å². The quantitative estimate of drug-likeness (QED) is 0.776. The number of amides is 1. The largest absolute Gasteiger partial charge is 0.379 e. The van der Waals surface area contributed by atoms with E-state index in [4.69, 9.17) is 15.2 Å². The Morgan fingerprint density at radius 1 is 1.30 bits per heavy atom. The number of nitrogens with zero attached hydrogens (tertiary/aromatic N) is 1. The highest BCUT2D eigenvalue weighted by Gasteiger charge is 2.45. The lowest BCUT2D eigenvalue weighted by Gasteiger charge is -2.47. The van der Waals surface area contributed by atoms with Crippen molar-refractivity contribution in [2.24, 2.45) is 5.73 Å². The SMILES string of the molecule is CC(NC(=O)[C@@H]1CC[C@H](CN)O1)C1(N2CCOCC2)CCCC1. The highest BCUT2D eigenvalue weighted by Crippen LogP contribution is 2.38. The van der Waals surface area contributed by atoms with E-state index in [2.05, 4.69) is 17.1 Å². The van der Waals surface area contributed by atoms with Crippen LogP contribution in [0, 0.1) is 0 Å². The lowest BCUT2D eigenvalue weighted by molar-refractivity contribution is -0.134.